The molecule has 0 spiro atoms. The van der Waals surface area contributed by atoms with Gasteiger partial charge in [0, 0.05) is 19.2 Å². The van der Waals surface area contributed by atoms with E-state index in [1.807, 2.05) is 0 Å². The molecule has 2 unspecified atom stereocenters. The molecule has 1 saturated heterocycles. The predicted molar refractivity (Wildman–Crippen MR) is 54.8 cm³/mol. The second-order valence-electron chi connectivity index (χ2n) is 4.08. The first-order valence-corrected chi connectivity index (χ1v) is 5.18. The van der Waals surface area contributed by atoms with Gasteiger partial charge >= 0.3 is 6.18 Å². The molecule has 1 aliphatic heterocycles. The lowest BCUT2D eigenvalue weighted by Crippen LogP contribution is -2.46. The Bertz CT molecular complexity index is 277. The minimum absolute atomic E-state index is 0.0497. The second-order valence-corrected chi connectivity index (χ2v) is 4.08. The average molecular weight is 255 g/mol. The molecule has 100 valence electrons. The third kappa shape index (κ3) is 3.74. The summed E-state index contributed by atoms with van der Waals surface area (Å²) < 4.78 is 43.1. The first kappa shape index (κ1) is 14.0. The Morgan fingerprint density at radius 3 is 2.71 bits per heavy atom. The van der Waals surface area contributed by atoms with Crippen LogP contribution < -0.4 is 5.73 Å². The Hall–Kier alpha value is -1.02. The van der Waals surface area contributed by atoms with Crippen LogP contribution in [0.15, 0.2) is 5.16 Å². The molecule has 1 aliphatic rings. The third-order valence-electron chi connectivity index (χ3n) is 2.87. The lowest BCUT2D eigenvalue weighted by atomic mass is 10.1. The molecule has 0 aromatic rings. The van der Waals surface area contributed by atoms with Crippen molar-refractivity contribution >= 4 is 5.84 Å². The van der Waals surface area contributed by atoms with E-state index in [2.05, 4.69) is 5.16 Å². The number of nitrogens with zero attached hydrogens (tertiary/aromatic N) is 2. The van der Waals surface area contributed by atoms with Gasteiger partial charge in [0.2, 0.25) is 0 Å². The van der Waals surface area contributed by atoms with Gasteiger partial charge in [-0.3, -0.25) is 4.90 Å². The SMILES string of the molecule is CN(CC(C(N)=NO)C(F)(F)F)C1CCOC1. The zero-order chi connectivity index (χ0) is 13.1. The fourth-order valence-electron chi connectivity index (χ4n) is 1.74. The predicted octanol–water partition coefficient (Wildman–Crippen LogP) is 0.632. The number of nitrogens with two attached hydrogens (primary N) is 1. The summed E-state index contributed by atoms with van der Waals surface area (Å²) in [7, 11) is 1.57. The molecule has 1 rings (SSSR count). The summed E-state index contributed by atoms with van der Waals surface area (Å²) in [6, 6.07) is -0.0497. The van der Waals surface area contributed by atoms with Gasteiger partial charge in [0.05, 0.1) is 6.61 Å². The second kappa shape index (κ2) is 5.54. The summed E-state index contributed by atoms with van der Waals surface area (Å²) in [5.74, 6) is -2.78. The van der Waals surface area contributed by atoms with Gasteiger partial charge in [-0.2, -0.15) is 13.2 Å². The number of alkyl halides is 3. The van der Waals surface area contributed by atoms with E-state index in [1.54, 1.807) is 7.05 Å². The van der Waals surface area contributed by atoms with Gasteiger partial charge in [0.1, 0.15) is 5.92 Å². The molecule has 0 amide bonds. The summed E-state index contributed by atoms with van der Waals surface area (Å²) in [6.07, 6.45) is -3.83. The summed E-state index contributed by atoms with van der Waals surface area (Å²) in [6.45, 7) is 0.625. The topological polar surface area (TPSA) is 71.1 Å². The highest BCUT2D eigenvalue weighted by Crippen LogP contribution is 2.28. The molecule has 0 aliphatic carbocycles. The third-order valence-corrected chi connectivity index (χ3v) is 2.87. The van der Waals surface area contributed by atoms with Gasteiger partial charge in [-0.25, -0.2) is 0 Å². The maximum atomic E-state index is 12.7. The number of likely N-dealkylation sites (N-methyl/N-ethyl adjacent to an activating group) is 1. The number of oxime groups is 1. The first-order valence-electron chi connectivity index (χ1n) is 5.18. The van der Waals surface area contributed by atoms with Crippen LogP contribution in [0.4, 0.5) is 13.2 Å². The zero-order valence-corrected chi connectivity index (χ0v) is 9.44. The fourth-order valence-corrected chi connectivity index (χ4v) is 1.74. The number of ether oxygens (including phenoxy) is 1. The number of hydrogen-bond acceptors (Lipinski definition) is 4. The lowest BCUT2D eigenvalue weighted by molar-refractivity contribution is -0.160. The summed E-state index contributed by atoms with van der Waals surface area (Å²) in [4.78, 5) is 1.53. The van der Waals surface area contributed by atoms with Gasteiger partial charge in [0.25, 0.3) is 0 Å². The van der Waals surface area contributed by atoms with Crippen molar-refractivity contribution in [2.45, 2.75) is 18.6 Å². The first-order chi connectivity index (χ1) is 7.86. The molecule has 17 heavy (non-hydrogen) atoms. The highest BCUT2D eigenvalue weighted by atomic mass is 19.4. The molecule has 0 aromatic carbocycles. The van der Waals surface area contributed by atoms with Gasteiger partial charge in [-0.05, 0) is 13.5 Å². The maximum absolute atomic E-state index is 12.7. The van der Waals surface area contributed by atoms with Gasteiger partial charge in [0.15, 0.2) is 5.84 Å². The fraction of sp³-hybridized carbons (Fsp3) is 0.889. The molecule has 0 bridgehead atoms. The lowest BCUT2D eigenvalue weighted by Gasteiger charge is -2.28. The normalized spacial score (nSPS) is 24.3. The van der Waals surface area contributed by atoms with Crippen LogP contribution in [0.5, 0.6) is 0 Å². The monoisotopic (exact) mass is 255 g/mol. The van der Waals surface area contributed by atoms with Crippen LogP contribution in [0, 0.1) is 5.92 Å². The smallest absolute Gasteiger partial charge is 0.400 e. The zero-order valence-electron chi connectivity index (χ0n) is 9.44. The Morgan fingerprint density at radius 1 is 1.65 bits per heavy atom. The van der Waals surface area contributed by atoms with Crippen molar-refractivity contribution in [1.29, 1.82) is 0 Å². The van der Waals surface area contributed by atoms with E-state index < -0.39 is 17.9 Å². The van der Waals surface area contributed by atoms with E-state index in [-0.39, 0.29) is 12.6 Å². The summed E-state index contributed by atoms with van der Waals surface area (Å²) >= 11 is 0. The minimum atomic E-state index is -4.52. The Kier molecular flexibility index (Phi) is 4.58. The molecule has 2 atom stereocenters. The van der Waals surface area contributed by atoms with E-state index in [1.165, 1.54) is 4.90 Å². The Labute approximate surface area is 97.0 Å². The van der Waals surface area contributed by atoms with Crippen LogP contribution >= 0.6 is 0 Å². The summed E-state index contributed by atoms with van der Waals surface area (Å²) in [5.41, 5.74) is 5.07. The molecule has 0 aromatic heterocycles. The molecule has 0 radical (unpaired) electrons. The van der Waals surface area contributed by atoms with Crippen molar-refractivity contribution in [3.8, 4) is 0 Å². The van der Waals surface area contributed by atoms with E-state index in [4.69, 9.17) is 15.7 Å². The average Bonchev–Trinajstić information content (AvgIpc) is 2.76. The Balaban J connectivity index is 2.66. The molecule has 1 heterocycles. The van der Waals surface area contributed by atoms with Crippen molar-refractivity contribution in [2.75, 3.05) is 26.8 Å². The van der Waals surface area contributed by atoms with Crippen molar-refractivity contribution in [1.82, 2.24) is 4.90 Å². The molecular formula is C9H16F3N3O2. The van der Waals surface area contributed by atoms with E-state index in [9.17, 15) is 13.2 Å². The largest absolute Gasteiger partial charge is 0.409 e. The highest BCUT2D eigenvalue weighted by Gasteiger charge is 2.44. The molecule has 3 N–H and O–H groups in total. The maximum Gasteiger partial charge on any atom is 0.400 e. The van der Waals surface area contributed by atoms with Crippen molar-refractivity contribution in [3.63, 3.8) is 0 Å². The van der Waals surface area contributed by atoms with Crippen molar-refractivity contribution in [2.24, 2.45) is 16.8 Å². The molecule has 0 saturated carbocycles. The molecule has 1 fully saturated rings. The van der Waals surface area contributed by atoms with Crippen LogP contribution in [0.1, 0.15) is 6.42 Å². The van der Waals surface area contributed by atoms with Crippen LogP contribution in [-0.4, -0.2) is 55.0 Å². The molecular weight excluding hydrogens is 239 g/mol. The van der Waals surface area contributed by atoms with Crippen LogP contribution in [0.25, 0.3) is 0 Å². The van der Waals surface area contributed by atoms with Crippen molar-refractivity contribution in [3.05, 3.63) is 0 Å². The van der Waals surface area contributed by atoms with Gasteiger partial charge < -0.3 is 15.7 Å². The summed E-state index contributed by atoms with van der Waals surface area (Å²) in [5, 5.41) is 10.8. The number of amidine groups is 1. The van der Waals surface area contributed by atoms with E-state index in [0.717, 1.165) is 0 Å². The van der Waals surface area contributed by atoms with Crippen LogP contribution in [0.3, 0.4) is 0 Å². The van der Waals surface area contributed by atoms with Gasteiger partial charge in [-0.1, -0.05) is 5.16 Å². The standard InChI is InChI=1S/C9H16F3N3O2/c1-15(6-2-3-17-5-6)4-7(8(13)14-16)9(10,11)12/h6-7,16H,2-5H2,1H3,(H2,13,14). The number of halogens is 3. The molecule has 5 nitrogen and oxygen atoms in total. The number of hydrogen-bond donors (Lipinski definition) is 2. The van der Waals surface area contributed by atoms with Crippen molar-refractivity contribution < 1.29 is 23.1 Å². The van der Waals surface area contributed by atoms with E-state index in [0.29, 0.717) is 19.6 Å². The van der Waals surface area contributed by atoms with Crippen LogP contribution in [-0.2, 0) is 4.74 Å². The van der Waals surface area contributed by atoms with Gasteiger partial charge in [-0.15, -0.1) is 0 Å². The number of rotatable bonds is 4. The minimum Gasteiger partial charge on any atom is -0.409 e. The molecule has 8 heteroatoms. The van der Waals surface area contributed by atoms with E-state index >= 15 is 0 Å². The Morgan fingerprint density at radius 2 is 2.29 bits per heavy atom. The highest BCUT2D eigenvalue weighted by molar-refractivity contribution is 5.83. The quantitative estimate of drug-likeness (QED) is 0.334. The van der Waals surface area contributed by atoms with Crippen LogP contribution in [0.2, 0.25) is 0 Å².